The first-order valence-corrected chi connectivity index (χ1v) is 9.82. The van der Waals surface area contributed by atoms with Crippen LogP contribution in [0.4, 0.5) is 0 Å². The molecule has 0 bridgehead atoms. The van der Waals surface area contributed by atoms with Crippen molar-refractivity contribution < 1.29 is 4.79 Å². The summed E-state index contributed by atoms with van der Waals surface area (Å²) in [5, 5.41) is 3.29. The molecule has 1 aliphatic carbocycles. The molecule has 1 saturated heterocycles. The van der Waals surface area contributed by atoms with E-state index in [-0.39, 0.29) is 42.2 Å². The van der Waals surface area contributed by atoms with E-state index < -0.39 is 0 Å². The first kappa shape index (κ1) is 24.2. The van der Waals surface area contributed by atoms with Gasteiger partial charge >= 0.3 is 0 Å². The van der Waals surface area contributed by atoms with Gasteiger partial charge in [-0.15, -0.1) is 24.8 Å². The molecule has 154 valence electrons. The van der Waals surface area contributed by atoms with Crippen LogP contribution in [0.5, 0.6) is 0 Å². The number of carbonyl (C=O) groups is 1. The number of nitrogens with one attached hydrogen (secondary N) is 1. The third kappa shape index (κ3) is 6.35. The first-order valence-electron chi connectivity index (χ1n) is 9.82. The number of likely N-dealkylation sites (tertiary alicyclic amines) is 1. The number of carbonyl (C=O) groups excluding carboxylic acids is 1. The molecule has 1 aliphatic heterocycles. The summed E-state index contributed by atoms with van der Waals surface area (Å²) in [5.41, 5.74) is 8.81. The highest BCUT2D eigenvalue weighted by atomic mass is 35.5. The predicted octanol–water partition coefficient (Wildman–Crippen LogP) is 3.83. The average Bonchev–Trinajstić information content (AvgIpc) is 2.58. The lowest BCUT2D eigenvalue weighted by Gasteiger charge is -2.39. The van der Waals surface area contributed by atoms with Gasteiger partial charge in [0.25, 0.3) is 0 Å². The van der Waals surface area contributed by atoms with E-state index in [0.717, 1.165) is 58.2 Å². The van der Waals surface area contributed by atoms with Crippen molar-refractivity contribution in [2.75, 3.05) is 13.1 Å². The van der Waals surface area contributed by atoms with Crippen molar-refractivity contribution in [2.45, 2.75) is 70.5 Å². The number of aryl methyl sites for hydroxylation is 1. The maximum Gasteiger partial charge on any atom is 0.225 e. The molecule has 4 nitrogen and oxygen atoms in total. The fourth-order valence-corrected chi connectivity index (χ4v) is 4.35. The Labute approximate surface area is 176 Å². The van der Waals surface area contributed by atoms with Crippen molar-refractivity contribution in [3.63, 3.8) is 0 Å². The van der Waals surface area contributed by atoms with Gasteiger partial charge < -0.3 is 11.1 Å². The lowest BCUT2D eigenvalue weighted by Crippen LogP contribution is -2.55. The molecule has 0 aromatic heterocycles. The maximum absolute atomic E-state index is 12.7. The fraction of sp³-hybridized carbons (Fsp3) is 0.667. The summed E-state index contributed by atoms with van der Waals surface area (Å²) in [6.07, 6.45) is 6.23. The summed E-state index contributed by atoms with van der Waals surface area (Å²) < 4.78 is 0. The predicted molar refractivity (Wildman–Crippen MR) is 117 cm³/mol. The molecule has 1 heterocycles. The Kier molecular flexibility index (Phi) is 9.56. The van der Waals surface area contributed by atoms with Gasteiger partial charge in [0.2, 0.25) is 5.91 Å². The summed E-state index contributed by atoms with van der Waals surface area (Å²) in [7, 11) is 0. The van der Waals surface area contributed by atoms with Gasteiger partial charge in [-0.05, 0) is 50.7 Å². The molecular formula is C21H35Cl2N3O. The number of hydrogen-bond acceptors (Lipinski definition) is 3. The minimum absolute atomic E-state index is 0. The van der Waals surface area contributed by atoms with Crippen LogP contribution in [0, 0.1) is 12.8 Å². The molecule has 2 aliphatic rings. The molecule has 2 atom stereocenters. The number of piperidine rings is 1. The van der Waals surface area contributed by atoms with Gasteiger partial charge in [-0.2, -0.15) is 0 Å². The van der Waals surface area contributed by atoms with E-state index in [1.54, 1.807) is 0 Å². The Bertz CT molecular complexity index is 601. The van der Waals surface area contributed by atoms with Gasteiger partial charge in [-0.3, -0.25) is 9.69 Å². The molecule has 2 fully saturated rings. The summed E-state index contributed by atoms with van der Waals surface area (Å²) in [6.45, 7) is 7.32. The van der Waals surface area contributed by atoms with E-state index in [9.17, 15) is 4.79 Å². The monoisotopic (exact) mass is 415 g/mol. The van der Waals surface area contributed by atoms with Crippen molar-refractivity contribution in [3.05, 3.63) is 35.4 Å². The van der Waals surface area contributed by atoms with Crippen LogP contribution in [0.3, 0.4) is 0 Å². The van der Waals surface area contributed by atoms with Crippen molar-refractivity contribution in [2.24, 2.45) is 11.7 Å². The van der Waals surface area contributed by atoms with Crippen LogP contribution in [0.15, 0.2) is 24.3 Å². The topological polar surface area (TPSA) is 58.4 Å². The maximum atomic E-state index is 12.7. The third-order valence-corrected chi connectivity index (χ3v) is 6.16. The second-order valence-corrected chi connectivity index (χ2v) is 8.29. The molecule has 3 rings (SSSR count). The zero-order chi connectivity index (χ0) is 17.9. The molecule has 6 heteroatoms. The number of halogens is 2. The van der Waals surface area contributed by atoms with Crippen molar-refractivity contribution in [3.8, 4) is 0 Å². The molecule has 27 heavy (non-hydrogen) atoms. The molecule has 3 N–H and O–H groups in total. The number of hydrogen-bond donors (Lipinski definition) is 2. The lowest BCUT2D eigenvalue weighted by atomic mass is 9.74. The Hall–Kier alpha value is -0.810. The highest BCUT2D eigenvalue weighted by Gasteiger charge is 2.38. The fourth-order valence-electron chi connectivity index (χ4n) is 4.35. The molecule has 0 radical (unpaired) electrons. The summed E-state index contributed by atoms with van der Waals surface area (Å²) in [4.78, 5) is 15.2. The normalized spacial score (nSPS) is 26.6. The van der Waals surface area contributed by atoms with Crippen molar-refractivity contribution in [1.82, 2.24) is 10.2 Å². The van der Waals surface area contributed by atoms with Crippen LogP contribution in [0.25, 0.3) is 0 Å². The van der Waals surface area contributed by atoms with E-state index in [0.29, 0.717) is 6.04 Å². The summed E-state index contributed by atoms with van der Waals surface area (Å²) in [5.74, 6) is 0.160. The van der Waals surface area contributed by atoms with Crippen LogP contribution < -0.4 is 11.1 Å². The van der Waals surface area contributed by atoms with Crippen LogP contribution in [0.2, 0.25) is 0 Å². The van der Waals surface area contributed by atoms with E-state index in [1.165, 1.54) is 11.1 Å². The zero-order valence-electron chi connectivity index (χ0n) is 16.6. The first-order chi connectivity index (χ1) is 12.0. The highest BCUT2D eigenvalue weighted by molar-refractivity contribution is 5.85. The second-order valence-electron chi connectivity index (χ2n) is 8.29. The van der Waals surface area contributed by atoms with Gasteiger partial charge in [0.1, 0.15) is 0 Å². The van der Waals surface area contributed by atoms with E-state index in [4.69, 9.17) is 5.73 Å². The lowest BCUT2D eigenvalue weighted by molar-refractivity contribution is -0.129. The van der Waals surface area contributed by atoms with Crippen LogP contribution >= 0.6 is 24.8 Å². The van der Waals surface area contributed by atoms with Crippen LogP contribution in [0.1, 0.15) is 56.6 Å². The highest BCUT2D eigenvalue weighted by Crippen LogP contribution is 2.32. The Balaban J connectivity index is 0.00000182. The largest absolute Gasteiger partial charge is 0.353 e. The minimum atomic E-state index is -0.339. The van der Waals surface area contributed by atoms with Crippen LogP contribution in [-0.2, 0) is 11.3 Å². The van der Waals surface area contributed by atoms with Crippen molar-refractivity contribution in [1.29, 1.82) is 0 Å². The van der Waals surface area contributed by atoms with Gasteiger partial charge in [0.15, 0.2) is 0 Å². The molecule has 1 aromatic rings. The Morgan fingerprint density at radius 2 is 1.85 bits per heavy atom. The van der Waals surface area contributed by atoms with E-state index >= 15 is 0 Å². The number of benzene rings is 1. The molecule has 1 aromatic carbocycles. The number of nitrogens with zero attached hydrogens (tertiary/aromatic N) is 1. The smallest absolute Gasteiger partial charge is 0.225 e. The molecule has 1 saturated carbocycles. The van der Waals surface area contributed by atoms with Gasteiger partial charge in [-0.1, -0.05) is 37.1 Å². The van der Waals surface area contributed by atoms with E-state index in [1.807, 2.05) is 6.92 Å². The number of amides is 1. The average molecular weight is 416 g/mol. The van der Waals surface area contributed by atoms with E-state index in [2.05, 4.69) is 41.4 Å². The molecule has 1 amide bonds. The minimum Gasteiger partial charge on any atom is -0.353 e. The molecule has 2 unspecified atom stereocenters. The van der Waals surface area contributed by atoms with Gasteiger partial charge in [-0.25, -0.2) is 0 Å². The quantitative estimate of drug-likeness (QED) is 0.785. The number of rotatable bonds is 4. The summed E-state index contributed by atoms with van der Waals surface area (Å²) >= 11 is 0. The third-order valence-electron chi connectivity index (χ3n) is 6.16. The SMILES string of the molecule is Cc1ccccc1CN1CCC(NC(=O)C2CCCCC2(C)N)CC1.Cl.Cl. The van der Waals surface area contributed by atoms with Crippen molar-refractivity contribution >= 4 is 30.7 Å². The number of nitrogens with two attached hydrogens (primary N) is 1. The van der Waals surface area contributed by atoms with Gasteiger partial charge in [0.05, 0.1) is 5.92 Å². The second kappa shape index (κ2) is 10.7. The zero-order valence-corrected chi connectivity index (χ0v) is 18.2. The molecule has 0 spiro atoms. The molecular weight excluding hydrogens is 381 g/mol. The Morgan fingerprint density at radius 3 is 2.48 bits per heavy atom. The standard InChI is InChI=1S/C21H33N3O.2ClH/c1-16-7-3-4-8-17(16)15-24-13-10-18(11-14-24)23-20(25)19-9-5-6-12-21(19,2)22;;/h3-4,7-8,18-19H,5-6,9-15,22H2,1-2H3,(H,23,25);2*1H. The van der Waals surface area contributed by atoms with Gasteiger partial charge in [0, 0.05) is 31.2 Å². The summed E-state index contributed by atoms with van der Waals surface area (Å²) in [6, 6.07) is 8.91. The Morgan fingerprint density at radius 1 is 1.19 bits per heavy atom. The van der Waals surface area contributed by atoms with Crippen LogP contribution in [-0.4, -0.2) is 35.5 Å².